The second-order valence-electron chi connectivity index (χ2n) is 2.48. The second kappa shape index (κ2) is 4.78. The molecule has 2 nitrogen and oxygen atoms in total. The van der Waals surface area contributed by atoms with Gasteiger partial charge in [0, 0.05) is 10.9 Å². The fourth-order valence-electron chi connectivity index (χ4n) is 0.871. The quantitative estimate of drug-likeness (QED) is 0.500. The van der Waals surface area contributed by atoms with E-state index in [9.17, 15) is 0 Å². The van der Waals surface area contributed by atoms with Gasteiger partial charge in [0.05, 0.1) is 12.3 Å². The minimum atomic E-state index is 0.502. The van der Waals surface area contributed by atoms with Crippen molar-refractivity contribution in [2.45, 2.75) is 6.42 Å². The summed E-state index contributed by atoms with van der Waals surface area (Å²) in [7, 11) is 0. The number of nitrogen functional groups attached to an aromatic ring is 1. The lowest BCUT2D eigenvalue weighted by molar-refractivity contribution is 0.329. The number of anilines is 1. The predicted octanol–water partition coefficient (Wildman–Crippen LogP) is 2.43. The van der Waals surface area contributed by atoms with Gasteiger partial charge < -0.3 is 10.5 Å². The highest BCUT2D eigenvalue weighted by Gasteiger charge is 1.99. The molecule has 0 spiro atoms. The van der Waals surface area contributed by atoms with Crippen molar-refractivity contribution >= 4 is 21.6 Å². The first-order chi connectivity index (χ1) is 6.24. The number of rotatable bonds is 3. The molecule has 0 saturated heterocycles. The molecule has 0 saturated carbocycles. The number of terminal acetylenes is 1. The lowest BCUT2D eigenvalue weighted by atomic mass is 10.3. The van der Waals surface area contributed by atoms with Crippen LogP contribution in [-0.4, -0.2) is 6.61 Å². The fraction of sp³-hybridized carbons (Fsp3) is 0.200. The fourth-order valence-corrected chi connectivity index (χ4v) is 1.25. The Hall–Kier alpha value is -1.14. The number of halogens is 1. The van der Waals surface area contributed by atoms with Gasteiger partial charge in [-0.15, -0.1) is 12.3 Å². The molecule has 1 aromatic rings. The Bertz CT molecular complexity index is 330. The van der Waals surface area contributed by atoms with Gasteiger partial charge >= 0.3 is 0 Å². The van der Waals surface area contributed by atoms with Crippen LogP contribution in [0.5, 0.6) is 5.75 Å². The summed E-state index contributed by atoms with van der Waals surface area (Å²) in [5.74, 6) is 3.17. The SMILES string of the molecule is C#CCCOc1ccc(Br)cc1N. The maximum atomic E-state index is 5.70. The van der Waals surface area contributed by atoms with Gasteiger partial charge in [-0.1, -0.05) is 15.9 Å². The number of benzene rings is 1. The molecular formula is C10H10BrNO. The van der Waals surface area contributed by atoms with Crippen LogP contribution in [0.3, 0.4) is 0 Å². The van der Waals surface area contributed by atoms with Crippen molar-refractivity contribution < 1.29 is 4.74 Å². The molecule has 0 amide bonds. The van der Waals surface area contributed by atoms with Gasteiger partial charge in [0.1, 0.15) is 5.75 Å². The molecular weight excluding hydrogens is 230 g/mol. The zero-order chi connectivity index (χ0) is 9.68. The number of hydrogen-bond donors (Lipinski definition) is 1. The Morgan fingerprint density at radius 3 is 2.92 bits per heavy atom. The summed E-state index contributed by atoms with van der Waals surface area (Å²) in [5, 5.41) is 0. The van der Waals surface area contributed by atoms with Crippen molar-refractivity contribution in [3.05, 3.63) is 22.7 Å². The largest absolute Gasteiger partial charge is 0.490 e. The molecule has 0 bridgehead atoms. The van der Waals surface area contributed by atoms with Gasteiger partial charge in [0.15, 0.2) is 0 Å². The van der Waals surface area contributed by atoms with E-state index in [2.05, 4.69) is 21.9 Å². The first-order valence-electron chi connectivity index (χ1n) is 3.85. The van der Waals surface area contributed by atoms with Crippen LogP contribution < -0.4 is 10.5 Å². The molecule has 0 fully saturated rings. The summed E-state index contributed by atoms with van der Waals surface area (Å²) < 4.78 is 6.28. The van der Waals surface area contributed by atoms with Crippen LogP contribution in [0.2, 0.25) is 0 Å². The Morgan fingerprint density at radius 2 is 2.31 bits per heavy atom. The summed E-state index contributed by atoms with van der Waals surface area (Å²) in [6, 6.07) is 5.49. The standard InChI is InChI=1S/C10H10BrNO/c1-2-3-6-13-10-5-4-8(11)7-9(10)12/h1,4-5,7H,3,6,12H2. The molecule has 0 unspecified atom stereocenters. The third-order valence-electron chi connectivity index (χ3n) is 1.48. The zero-order valence-corrected chi connectivity index (χ0v) is 8.67. The molecule has 0 heterocycles. The van der Waals surface area contributed by atoms with Crippen LogP contribution in [0, 0.1) is 12.3 Å². The highest BCUT2D eigenvalue weighted by molar-refractivity contribution is 9.10. The van der Waals surface area contributed by atoms with Crippen molar-refractivity contribution in [3.8, 4) is 18.1 Å². The van der Waals surface area contributed by atoms with E-state index in [1.165, 1.54) is 0 Å². The van der Waals surface area contributed by atoms with Crippen molar-refractivity contribution in [2.75, 3.05) is 12.3 Å². The molecule has 0 aliphatic rings. The number of hydrogen-bond acceptors (Lipinski definition) is 2. The maximum Gasteiger partial charge on any atom is 0.142 e. The predicted molar refractivity (Wildman–Crippen MR) is 57.5 cm³/mol. The topological polar surface area (TPSA) is 35.2 Å². The summed E-state index contributed by atoms with van der Waals surface area (Å²) >= 11 is 3.31. The van der Waals surface area contributed by atoms with Crippen molar-refractivity contribution in [1.82, 2.24) is 0 Å². The number of ether oxygens (including phenoxy) is 1. The van der Waals surface area contributed by atoms with E-state index < -0.39 is 0 Å². The third-order valence-corrected chi connectivity index (χ3v) is 1.97. The van der Waals surface area contributed by atoms with E-state index in [1.807, 2.05) is 12.1 Å². The van der Waals surface area contributed by atoms with E-state index in [0.717, 1.165) is 4.47 Å². The molecule has 68 valence electrons. The molecule has 0 radical (unpaired) electrons. The Morgan fingerprint density at radius 1 is 1.54 bits per heavy atom. The van der Waals surface area contributed by atoms with E-state index in [-0.39, 0.29) is 0 Å². The second-order valence-corrected chi connectivity index (χ2v) is 3.40. The molecule has 1 rings (SSSR count). The Kier molecular flexibility index (Phi) is 3.66. The van der Waals surface area contributed by atoms with Crippen LogP contribution in [-0.2, 0) is 0 Å². The zero-order valence-electron chi connectivity index (χ0n) is 7.09. The van der Waals surface area contributed by atoms with Crippen LogP contribution in [0.4, 0.5) is 5.69 Å². The van der Waals surface area contributed by atoms with Crippen molar-refractivity contribution in [2.24, 2.45) is 0 Å². The number of nitrogens with two attached hydrogens (primary N) is 1. The highest BCUT2D eigenvalue weighted by Crippen LogP contribution is 2.25. The van der Waals surface area contributed by atoms with E-state index in [1.54, 1.807) is 6.07 Å². The molecule has 0 aromatic heterocycles. The molecule has 0 atom stereocenters. The molecule has 3 heteroatoms. The van der Waals surface area contributed by atoms with Gasteiger partial charge in [0.2, 0.25) is 0 Å². The van der Waals surface area contributed by atoms with Crippen LogP contribution in [0.1, 0.15) is 6.42 Å². The lowest BCUT2D eigenvalue weighted by Crippen LogP contribution is -1.99. The van der Waals surface area contributed by atoms with Gasteiger partial charge in [-0.3, -0.25) is 0 Å². The van der Waals surface area contributed by atoms with Gasteiger partial charge in [-0.25, -0.2) is 0 Å². The monoisotopic (exact) mass is 239 g/mol. The first kappa shape index (κ1) is 9.94. The Labute approximate surface area is 86.2 Å². The van der Waals surface area contributed by atoms with E-state index in [0.29, 0.717) is 24.5 Å². The van der Waals surface area contributed by atoms with Gasteiger partial charge in [0.25, 0.3) is 0 Å². The van der Waals surface area contributed by atoms with Gasteiger partial charge in [-0.05, 0) is 18.2 Å². The minimum absolute atomic E-state index is 0.502. The van der Waals surface area contributed by atoms with Crippen molar-refractivity contribution in [3.63, 3.8) is 0 Å². The molecule has 0 aliphatic heterocycles. The normalized spacial score (nSPS) is 9.23. The Balaban J connectivity index is 2.62. The van der Waals surface area contributed by atoms with Crippen molar-refractivity contribution in [1.29, 1.82) is 0 Å². The van der Waals surface area contributed by atoms with E-state index in [4.69, 9.17) is 16.9 Å². The highest BCUT2D eigenvalue weighted by atomic mass is 79.9. The van der Waals surface area contributed by atoms with Gasteiger partial charge in [-0.2, -0.15) is 0 Å². The summed E-state index contributed by atoms with van der Waals surface area (Å²) in [5.41, 5.74) is 6.31. The average molecular weight is 240 g/mol. The van der Waals surface area contributed by atoms with Crippen LogP contribution in [0.15, 0.2) is 22.7 Å². The van der Waals surface area contributed by atoms with Crippen LogP contribution >= 0.6 is 15.9 Å². The van der Waals surface area contributed by atoms with Crippen LogP contribution in [0.25, 0.3) is 0 Å². The molecule has 0 aliphatic carbocycles. The maximum absolute atomic E-state index is 5.70. The first-order valence-corrected chi connectivity index (χ1v) is 4.64. The average Bonchev–Trinajstić information content (AvgIpc) is 2.09. The molecule has 13 heavy (non-hydrogen) atoms. The lowest BCUT2D eigenvalue weighted by Gasteiger charge is -2.06. The molecule has 1 aromatic carbocycles. The minimum Gasteiger partial charge on any atom is -0.490 e. The summed E-state index contributed by atoms with van der Waals surface area (Å²) in [6.07, 6.45) is 5.68. The third kappa shape index (κ3) is 3.00. The molecule has 2 N–H and O–H groups in total. The summed E-state index contributed by atoms with van der Waals surface area (Å²) in [4.78, 5) is 0. The van der Waals surface area contributed by atoms with E-state index >= 15 is 0 Å². The smallest absolute Gasteiger partial charge is 0.142 e. The summed E-state index contributed by atoms with van der Waals surface area (Å²) in [6.45, 7) is 0.502.